The maximum atomic E-state index is 12.3. The van der Waals surface area contributed by atoms with Gasteiger partial charge in [-0.25, -0.2) is 0 Å². The van der Waals surface area contributed by atoms with Gasteiger partial charge in [0.2, 0.25) is 5.91 Å². The number of carbonyl (C=O) groups excluding carboxylic acids is 1. The van der Waals surface area contributed by atoms with Gasteiger partial charge in [-0.1, -0.05) is 48.9 Å². The van der Waals surface area contributed by atoms with E-state index in [4.69, 9.17) is 4.74 Å². The van der Waals surface area contributed by atoms with E-state index >= 15 is 0 Å². The molecule has 1 fully saturated rings. The summed E-state index contributed by atoms with van der Waals surface area (Å²) in [6.07, 6.45) is 3.64. The number of piperidine rings is 1. The van der Waals surface area contributed by atoms with Crippen molar-refractivity contribution in [1.82, 2.24) is 4.90 Å². The number of rotatable bonds is 6. The molecule has 0 spiro atoms. The second-order valence-electron chi connectivity index (χ2n) is 6.16. The zero-order valence-electron chi connectivity index (χ0n) is 13.9. The molecule has 4 nitrogen and oxygen atoms in total. The number of hydrogen-bond acceptors (Lipinski definition) is 3. The molecule has 2 aromatic carbocycles. The number of ether oxygens (including phenoxy) is 1. The Morgan fingerprint density at radius 2 is 1.67 bits per heavy atom. The first kappa shape index (κ1) is 16.5. The largest absolute Gasteiger partial charge is 0.487 e. The third kappa shape index (κ3) is 4.83. The van der Waals surface area contributed by atoms with Crippen molar-refractivity contribution in [2.45, 2.75) is 25.9 Å². The van der Waals surface area contributed by atoms with Crippen LogP contribution in [0.15, 0.2) is 54.6 Å². The van der Waals surface area contributed by atoms with Crippen LogP contribution in [-0.2, 0) is 11.4 Å². The van der Waals surface area contributed by atoms with E-state index in [2.05, 4.69) is 10.2 Å². The zero-order chi connectivity index (χ0) is 16.6. The molecule has 0 unspecified atom stereocenters. The second-order valence-corrected chi connectivity index (χ2v) is 6.16. The minimum Gasteiger partial charge on any atom is -0.487 e. The fraction of sp³-hybridized carbons (Fsp3) is 0.350. The van der Waals surface area contributed by atoms with Crippen molar-refractivity contribution in [2.75, 3.05) is 25.0 Å². The van der Waals surface area contributed by atoms with E-state index in [0.29, 0.717) is 18.9 Å². The van der Waals surface area contributed by atoms with Gasteiger partial charge in [-0.05, 0) is 43.6 Å². The summed E-state index contributed by atoms with van der Waals surface area (Å²) < 4.78 is 5.89. The minimum absolute atomic E-state index is 0.0210. The molecule has 0 bridgehead atoms. The highest BCUT2D eigenvalue weighted by molar-refractivity contribution is 5.93. The first-order chi connectivity index (χ1) is 11.8. The predicted molar refractivity (Wildman–Crippen MR) is 96.1 cm³/mol. The molecule has 2 aromatic rings. The number of nitrogens with one attached hydrogen (secondary N) is 1. The predicted octanol–water partition coefficient (Wildman–Crippen LogP) is 3.69. The molecule has 1 aliphatic rings. The van der Waals surface area contributed by atoms with Crippen LogP contribution in [0.5, 0.6) is 5.75 Å². The van der Waals surface area contributed by atoms with E-state index in [-0.39, 0.29) is 5.91 Å². The van der Waals surface area contributed by atoms with Gasteiger partial charge >= 0.3 is 0 Å². The van der Waals surface area contributed by atoms with Crippen molar-refractivity contribution in [2.24, 2.45) is 0 Å². The highest BCUT2D eigenvalue weighted by Gasteiger charge is 2.15. The van der Waals surface area contributed by atoms with Crippen molar-refractivity contribution in [3.8, 4) is 5.75 Å². The third-order valence-electron chi connectivity index (χ3n) is 4.21. The van der Waals surface area contributed by atoms with E-state index in [1.807, 2.05) is 54.6 Å². The number of carbonyl (C=O) groups is 1. The van der Waals surface area contributed by atoms with Crippen molar-refractivity contribution in [3.63, 3.8) is 0 Å². The molecule has 0 aromatic heterocycles. The monoisotopic (exact) mass is 324 g/mol. The Labute approximate surface area is 143 Å². The summed E-state index contributed by atoms with van der Waals surface area (Å²) in [6, 6.07) is 17.6. The van der Waals surface area contributed by atoms with Crippen molar-refractivity contribution in [1.29, 1.82) is 0 Å². The maximum absolute atomic E-state index is 12.3. The molecule has 0 atom stereocenters. The van der Waals surface area contributed by atoms with Crippen molar-refractivity contribution < 1.29 is 9.53 Å². The van der Waals surface area contributed by atoms with E-state index in [1.54, 1.807) is 0 Å². The smallest absolute Gasteiger partial charge is 0.238 e. The molecule has 24 heavy (non-hydrogen) atoms. The highest BCUT2D eigenvalue weighted by Crippen LogP contribution is 2.24. The SMILES string of the molecule is O=C(CN1CCCCC1)Nc1ccccc1OCc1ccccc1. The molecule has 0 radical (unpaired) electrons. The van der Waals surface area contributed by atoms with Crippen LogP contribution in [0.4, 0.5) is 5.69 Å². The van der Waals surface area contributed by atoms with E-state index in [9.17, 15) is 4.79 Å². The molecule has 1 amide bonds. The second kappa shape index (κ2) is 8.50. The number of hydrogen-bond donors (Lipinski definition) is 1. The minimum atomic E-state index is 0.0210. The van der Waals surface area contributed by atoms with Crippen LogP contribution < -0.4 is 10.1 Å². The Morgan fingerprint density at radius 1 is 0.958 bits per heavy atom. The molecule has 1 aliphatic heterocycles. The Balaban J connectivity index is 1.57. The lowest BCUT2D eigenvalue weighted by atomic mass is 10.1. The van der Waals surface area contributed by atoms with E-state index in [1.165, 1.54) is 19.3 Å². The molecule has 1 N–H and O–H groups in total. The fourth-order valence-electron chi connectivity index (χ4n) is 2.94. The fourth-order valence-corrected chi connectivity index (χ4v) is 2.94. The van der Waals surface area contributed by atoms with Crippen LogP contribution in [-0.4, -0.2) is 30.4 Å². The summed E-state index contributed by atoms with van der Waals surface area (Å²) in [7, 11) is 0. The van der Waals surface area contributed by atoms with Gasteiger partial charge in [0.05, 0.1) is 12.2 Å². The third-order valence-corrected chi connectivity index (χ3v) is 4.21. The van der Waals surface area contributed by atoms with Gasteiger partial charge in [0.1, 0.15) is 12.4 Å². The summed E-state index contributed by atoms with van der Waals surface area (Å²) in [5, 5.41) is 2.99. The number of benzene rings is 2. The topological polar surface area (TPSA) is 41.6 Å². The summed E-state index contributed by atoms with van der Waals surface area (Å²) >= 11 is 0. The number of amides is 1. The number of anilines is 1. The van der Waals surface area contributed by atoms with Crippen LogP contribution in [0.1, 0.15) is 24.8 Å². The molecule has 0 aliphatic carbocycles. The summed E-state index contributed by atoms with van der Waals surface area (Å²) in [6.45, 7) is 2.96. The lowest BCUT2D eigenvalue weighted by Gasteiger charge is -2.25. The van der Waals surface area contributed by atoms with Gasteiger partial charge in [-0.15, -0.1) is 0 Å². The normalized spacial score (nSPS) is 15.0. The molecule has 1 heterocycles. The Morgan fingerprint density at radius 3 is 2.46 bits per heavy atom. The molecule has 1 saturated heterocycles. The van der Waals surface area contributed by atoms with Crippen LogP contribution in [0.3, 0.4) is 0 Å². The lowest BCUT2D eigenvalue weighted by Crippen LogP contribution is -2.36. The number of likely N-dealkylation sites (tertiary alicyclic amines) is 1. The Kier molecular flexibility index (Phi) is 5.85. The van der Waals surface area contributed by atoms with Crippen molar-refractivity contribution in [3.05, 3.63) is 60.2 Å². The van der Waals surface area contributed by atoms with Gasteiger partial charge in [0.15, 0.2) is 0 Å². The van der Waals surface area contributed by atoms with Gasteiger partial charge in [-0.2, -0.15) is 0 Å². The average Bonchev–Trinajstić information content (AvgIpc) is 2.63. The van der Waals surface area contributed by atoms with Gasteiger partial charge in [0.25, 0.3) is 0 Å². The Bertz CT molecular complexity index is 652. The summed E-state index contributed by atoms with van der Waals surface area (Å²) in [4.78, 5) is 14.5. The van der Waals surface area contributed by atoms with Gasteiger partial charge in [0, 0.05) is 0 Å². The van der Waals surface area contributed by atoms with Crippen LogP contribution in [0, 0.1) is 0 Å². The average molecular weight is 324 g/mol. The number of para-hydroxylation sites is 2. The number of nitrogens with zero attached hydrogens (tertiary/aromatic N) is 1. The Hall–Kier alpha value is -2.33. The molecule has 3 rings (SSSR count). The molecular weight excluding hydrogens is 300 g/mol. The molecule has 4 heteroatoms. The van der Waals surface area contributed by atoms with Crippen molar-refractivity contribution >= 4 is 11.6 Å². The van der Waals surface area contributed by atoms with Gasteiger partial charge < -0.3 is 10.1 Å². The molecular formula is C20H24N2O2. The summed E-state index contributed by atoms with van der Waals surface area (Å²) in [5.41, 5.74) is 1.84. The first-order valence-corrected chi connectivity index (χ1v) is 8.59. The first-order valence-electron chi connectivity index (χ1n) is 8.59. The summed E-state index contributed by atoms with van der Waals surface area (Å²) in [5.74, 6) is 0.723. The van der Waals surface area contributed by atoms with Crippen LogP contribution >= 0.6 is 0 Å². The van der Waals surface area contributed by atoms with Crippen LogP contribution in [0.25, 0.3) is 0 Å². The molecule has 126 valence electrons. The zero-order valence-corrected chi connectivity index (χ0v) is 13.9. The van der Waals surface area contributed by atoms with Gasteiger partial charge in [-0.3, -0.25) is 9.69 Å². The standard InChI is InChI=1S/C20H24N2O2/c23-20(15-22-13-7-2-8-14-22)21-18-11-5-6-12-19(18)24-16-17-9-3-1-4-10-17/h1,3-6,9-12H,2,7-8,13-16H2,(H,21,23). The molecule has 0 saturated carbocycles. The van der Waals surface area contributed by atoms with E-state index in [0.717, 1.165) is 24.3 Å². The lowest BCUT2D eigenvalue weighted by molar-refractivity contribution is -0.117. The highest BCUT2D eigenvalue weighted by atomic mass is 16.5. The maximum Gasteiger partial charge on any atom is 0.238 e. The van der Waals surface area contributed by atoms with E-state index < -0.39 is 0 Å². The quantitative estimate of drug-likeness (QED) is 0.881. The van der Waals surface area contributed by atoms with Crippen LogP contribution in [0.2, 0.25) is 0 Å².